The normalized spacial score (nSPS) is 17.5. The summed E-state index contributed by atoms with van der Waals surface area (Å²) >= 11 is 1.67. The third kappa shape index (κ3) is 2.77. The number of nitrogens with zero attached hydrogens (tertiary/aromatic N) is 2. The lowest BCUT2D eigenvalue weighted by molar-refractivity contribution is 0.122. The van der Waals surface area contributed by atoms with Crippen LogP contribution in [-0.2, 0) is 4.74 Å². The number of aromatic nitrogens is 1. The Labute approximate surface area is 93.4 Å². The zero-order chi connectivity index (χ0) is 10.5. The molecule has 15 heavy (non-hydrogen) atoms. The lowest BCUT2D eigenvalue weighted by atomic mass is 10.4. The fourth-order valence-electron chi connectivity index (χ4n) is 1.44. The zero-order valence-electron chi connectivity index (χ0n) is 8.56. The van der Waals surface area contributed by atoms with Gasteiger partial charge in [-0.3, -0.25) is 0 Å². The maximum atomic E-state index is 5.39. The monoisotopic (exact) mass is 225 g/mol. The first kappa shape index (κ1) is 10.6. The predicted octanol–water partition coefficient (Wildman–Crippen LogP) is 0.952. The van der Waals surface area contributed by atoms with E-state index >= 15 is 0 Å². The minimum atomic E-state index is 0.560. The second-order valence-electron chi connectivity index (χ2n) is 3.29. The molecule has 2 N–H and O–H groups in total. The first-order valence-electron chi connectivity index (χ1n) is 5.05. The minimum absolute atomic E-state index is 0.560. The molecule has 0 unspecified atom stereocenters. The Morgan fingerprint density at radius 3 is 3.07 bits per heavy atom. The highest BCUT2D eigenvalue weighted by Gasteiger charge is 2.13. The summed E-state index contributed by atoms with van der Waals surface area (Å²) in [6, 6.07) is 0. The number of hydrogen-bond acceptors (Lipinski definition) is 5. The molecule has 1 fully saturated rings. The van der Waals surface area contributed by atoms with Crippen molar-refractivity contribution in [3.63, 3.8) is 0 Å². The summed E-state index contributed by atoms with van der Waals surface area (Å²) in [6.07, 6.45) is 3.87. The molecule has 1 aliphatic rings. The molecule has 0 radical (unpaired) electrons. The van der Waals surface area contributed by atoms with Gasteiger partial charge in [0.05, 0.1) is 18.9 Å². The minimum Gasteiger partial charge on any atom is -0.378 e. The van der Waals surface area contributed by atoms with E-state index in [-0.39, 0.29) is 0 Å². The van der Waals surface area contributed by atoms with E-state index in [1.165, 1.54) is 0 Å². The van der Waals surface area contributed by atoms with E-state index < -0.39 is 0 Å². The summed E-state index contributed by atoms with van der Waals surface area (Å²) in [5.74, 6) is 0. The predicted molar refractivity (Wildman–Crippen MR) is 63.2 cm³/mol. The maximum absolute atomic E-state index is 5.39. The summed E-state index contributed by atoms with van der Waals surface area (Å²) in [4.78, 5) is 6.78. The van der Waals surface area contributed by atoms with Crippen molar-refractivity contribution in [3.8, 4) is 0 Å². The third-order valence-electron chi connectivity index (χ3n) is 2.22. The maximum Gasteiger partial charge on any atom is 0.185 e. The van der Waals surface area contributed by atoms with Crippen LogP contribution >= 0.6 is 11.3 Å². The summed E-state index contributed by atoms with van der Waals surface area (Å²) in [5.41, 5.74) is 6.38. The standard InChI is InChI=1S/C10H15N3OS/c11-3-1-2-9-8-15-10(12-9)13-4-6-14-7-5-13/h1-2,8H,3-7,11H2. The summed E-state index contributed by atoms with van der Waals surface area (Å²) in [6.45, 7) is 4.03. The van der Waals surface area contributed by atoms with Gasteiger partial charge in [0.25, 0.3) is 0 Å². The van der Waals surface area contributed by atoms with Gasteiger partial charge in [0.2, 0.25) is 0 Å². The number of nitrogens with two attached hydrogens (primary N) is 1. The zero-order valence-corrected chi connectivity index (χ0v) is 9.37. The van der Waals surface area contributed by atoms with Crippen molar-refractivity contribution >= 4 is 22.5 Å². The average molecular weight is 225 g/mol. The van der Waals surface area contributed by atoms with Crippen LogP contribution < -0.4 is 10.6 Å². The van der Waals surface area contributed by atoms with E-state index in [4.69, 9.17) is 10.5 Å². The van der Waals surface area contributed by atoms with Crippen molar-refractivity contribution in [2.24, 2.45) is 5.73 Å². The molecular formula is C10H15N3OS. The highest BCUT2D eigenvalue weighted by Crippen LogP contribution is 2.21. The summed E-state index contributed by atoms with van der Waals surface area (Å²) in [7, 11) is 0. The molecule has 0 saturated carbocycles. The van der Waals surface area contributed by atoms with Gasteiger partial charge >= 0.3 is 0 Å². The van der Waals surface area contributed by atoms with Gasteiger partial charge in [0.1, 0.15) is 0 Å². The summed E-state index contributed by atoms with van der Waals surface area (Å²) < 4.78 is 5.30. The van der Waals surface area contributed by atoms with Gasteiger partial charge in [0.15, 0.2) is 5.13 Å². The number of rotatable bonds is 3. The highest BCUT2D eigenvalue weighted by atomic mass is 32.1. The Bertz CT molecular complexity index is 331. The Morgan fingerprint density at radius 1 is 1.53 bits per heavy atom. The lowest BCUT2D eigenvalue weighted by Gasteiger charge is -2.25. The van der Waals surface area contributed by atoms with Crippen LogP contribution in [0.15, 0.2) is 11.5 Å². The Morgan fingerprint density at radius 2 is 2.33 bits per heavy atom. The van der Waals surface area contributed by atoms with Gasteiger partial charge in [-0.25, -0.2) is 4.98 Å². The van der Waals surface area contributed by atoms with Crippen LogP contribution in [0, 0.1) is 0 Å². The molecule has 82 valence electrons. The van der Waals surface area contributed by atoms with Crippen molar-refractivity contribution in [1.82, 2.24) is 4.98 Å². The van der Waals surface area contributed by atoms with Gasteiger partial charge in [0, 0.05) is 25.0 Å². The van der Waals surface area contributed by atoms with Crippen LogP contribution in [-0.4, -0.2) is 37.8 Å². The third-order valence-corrected chi connectivity index (χ3v) is 3.14. The van der Waals surface area contributed by atoms with E-state index in [9.17, 15) is 0 Å². The van der Waals surface area contributed by atoms with E-state index in [1.54, 1.807) is 11.3 Å². The first-order valence-corrected chi connectivity index (χ1v) is 5.93. The van der Waals surface area contributed by atoms with Crippen molar-refractivity contribution < 1.29 is 4.74 Å². The molecule has 0 atom stereocenters. The molecule has 4 nitrogen and oxygen atoms in total. The lowest BCUT2D eigenvalue weighted by Crippen LogP contribution is -2.36. The molecule has 0 bridgehead atoms. The first-order chi connectivity index (χ1) is 7.40. The molecule has 2 rings (SSSR count). The fraction of sp³-hybridized carbons (Fsp3) is 0.500. The number of thiazole rings is 1. The second-order valence-corrected chi connectivity index (χ2v) is 4.13. The van der Waals surface area contributed by atoms with Gasteiger partial charge in [-0.15, -0.1) is 11.3 Å². The molecule has 2 heterocycles. The SMILES string of the molecule is NCC=Cc1csc(N2CCOCC2)n1. The molecule has 1 aromatic rings. The molecule has 0 amide bonds. The van der Waals surface area contributed by atoms with Gasteiger partial charge < -0.3 is 15.4 Å². The van der Waals surface area contributed by atoms with Crippen molar-refractivity contribution in [2.75, 3.05) is 37.7 Å². The Balaban J connectivity index is 2.02. The molecule has 5 heteroatoms. The Kier molecular flexibility index (Phi) is 3.71. The van der Waals surface area contributed by atoms with Crippen LogP contribution in [0.2, 0.25) is 0 Å². The molecule has 0 aliphatic carbocycles. The number of morpholine rings is 1. The van der Waals surface area contributed by atoms with E-state index in [1.807, 2.05) is 12.2 Å². The van der Waals surface area contributed by atoms with Crippen LogP contribution in [0.3, 0.4) is 0 Å². The average Bonchev–Trinajstić information content (AvgIpc) is 2.76. The van der Waals surface area contributed by atoms with Crippen LogP contribution in [0.4, 0.5) is 5.13 Å². The van der Waals surface area contributed by atoms with Crippen molar-refractivity contribution in [3.05, 3.63) is 17.2 Å². The smallest absolute Gasteiger partial charge is 0.185 e. The molecule has 1 aromatic heterocycles. The van der Waals surface area contributed by atoms with E-state index in [2.05, 4.69) is 15.3 Å². The summed E-state index contributed by atoms with van der Waals surface area (Å²) in [5, 5.41) is 3.13. The number of hydrogen-bond donors (Lipinski definition) is 1. The fourth-order valence-corrected chi connectivity index (χ4v) is 2.29. The molecule has 1 aliphatic heterocycles. The van der Waals surface area contributed by atoms with Crippen LogP contribution in [0.1, 0.15) is 5.69 Å². The molecule has 0 spiro atoms. The van der Waals surface area contributed by atoms with Crippen LogP contribution in [0.25, 0.3) is 6.08 Å². The second kappa shape index (κ2) is 5.25. The van der Waals surface area contributed by atoms with Gasteiger partial charge in [-0.1, -0.05) is 6.08 Å². The van der Waals surface area contributed by atoms with Crippen LogP contribution in [0.5, 0.6) is 0 Å². The number of ether oxygens (including phenoxy) is 1. The van der Waals surface area contributed by atoms with E-state index in [0.29, 0.717) is 6.54 Å². The molecule has 1 saturated heterocycles. The van der Waals surface area contributed by atoms with E-state index in [0.717, 1.165) is 37.1 Å². The highest BCUT2D eigenvalue weighted by molar-refractivity contribution is 7.13. The van der Waals surface area contributed by atoms with Crippen molar-refractivity contribution in [1.29, 1.82) is 0 Å². The number of anilines is 1. The molecule has 0 aromatic carbocycles. The van der Waals surface area contributed by atoms with Gasteiger partial charge in [-0.2, -0.15) is 0 Å². The quantitative estimate of drug-likeness (QED) is 0.832. The van der Waals surface area contributed by atoms with Gasteiger partial charge in [-0.05, 0) is 6.08 Å². The largest absolute Gasteiger partial charge is 0.378 e. The topological polar surface area (TPSA) is 51.4 Å². The molecular weight excluding hydrogens is 210 g/mol. The Hall–Kier alpha value is -0.910. The van der Waals surface area contributed by atoms with Crippen molar-refractivity contribution in [2.45, 2.75) is 0 Å².